The van der Waals surface area contributed by atoms with Gasteiger partial charge in [0.15, 0.2) is 0 Å². The number of nitrogens with zero attached hydrogens (tertiary/aromatic N) is 1. The molecule has 1 fully saturated rings. The van der Waals surface area contributed by atoms with Crippen LogP contribution in [0.5, 0.6) is 0 Å². The van der Waals surface area contributed by atoms with Crippen molar-refractivity contribution in [2.24, 2.45) is 5.73 Å². The molecule has 0 spiro atoms. The number of carbonyl (C=O) groups excluding carboxylic acids is 2. The molecule has 0 aromatic rings. The minimum atomic E-state index is -0.425. The maximum absolute atomic E-state index is 11.6. The fraction of sp³-hybridized carbons (Fsp3) is 0.778. The molecule has 1 rings (SSSR count). The summed E-state index contributed by atoms with van der Waals surface area (Å²) in [5.41, 5.74) is 5.11. The van der Waals surface area contributed by atoms with Gasteiger partial charge in [-0.25, -0.2) is 0 Å². The summed E-state index contributed by atoms with van der Waals surface area (Å²) >= 11 is 0. The topological polar surface area (TPSA) is 84.7 Å². The number of hydrogen-bond donors (Lipinski definition) is 2. The number of nitrogens with two attached hydrogens (primary N) is 1. The predicted molar refractivity (Wildman–Crippen MR) is 54.1 cm³/mol. The molecular weight excluding hydrogens is 198 g/mol. The summed E-state index contributed by atoms with van der Waals surface area (Å²) in [6.45, 7) is 3.93. The molecule has 0 aromatic heterocycles. The van der Waals surface area contributed by atoms with Crippen LogP contribution in [0.15, 0.2) is 0 Å². The van der Waals surface area contributed by atoms with Crippen LogP contribution in [0.2, 0.25) is 0 Å². The summed E-state index contributed by atoms with van der Waals surface area (Å²) < 4.78 is 5.21. The quantitative estimate of drug-likeness (QED) is 0.586. The summed E-state index contributed by atoms with van der Waals surface area (Å²) in [4.78, 5) is 24.2. The second-order valence-corrected chi connectivity index (χ2v) is 3.42. The largest absolute Gasteiger partial charge is 0.378 e. The first-order valence-corrected chi connectivity index (χ1v) is 5.03. The Balaban J connectivity index is 2.56. The van der Waals surface area contributed by atoms with Gasteiger partial charge >= 0.3 is 0 Å². The van der Waals surface area contributed by atoms with Crippen LogP contribution < -0.4 is 11.1 Å². The van der Waals surface area contributed by atoms with E-state index in [1.165, 1.54) is 0 Å². The van der Waals surface area contributed by atoms with Crippen LogP contribution in [0.4, 0.5) is 0 Å². The van der Waals surface area contributed by atoms with Crippen molar-refractivity contribution in [2.45, 2.75) is 13.0 Å². The molecule has 1 atom stereocenters. The summed E-state index contributed by atoms with van der Waals surface area (Å²) in [5, 5.41) is 2.71. The zero-order valence-electron chi connectivity index (χ0n) is 8.86. The molecule has 1 aliphatic heterocycles. The average molecular weight is 215 g/mol. The van der Waals surface area contributed by atoms with Gasteiger partial charge in [0.2, 0.25) is 11.8 Å². The van der Waals surface area contributed by atoms with Gasteiger partial charge in [0, 0.05) is 13.1 Å². The van der Waals surface area contributed by atoms with E-state index in [0.717, 1.165) is 0 Å². The third-order valence-corrected chi connectivity index (χ3v) is 2.25. The molecule has 6 heteroatoms. The zero-order chi connectivity index (χ0) is 11.3. The van der Waals surface area contributed by atoms with Crippen molar-refractivity contribution in [3.05, 3.63) is 0 Å². The van der Waals surface area contributed by atoms with Crippen molar-refractivity contribution in [3.63, 3.8) is 0 Å². The van der Waals surface area contributed by atoms with Crippen LogP contribution in [0.25, 0.3) is 0 Å². The molecule has 1 heterocycles. The highest BCUT2D eigenvalue weighted by molar-refractivity contribution is 5.83. The van der Waals surface area contributed by atoms with Gasteiger partial charge in [-0.2, -0.15) is 0 Å². The molecule has 1 saturated heterocycles. The summed E-state index contributed by atoms with van der Waals surface area (Å²) in [7, 11) is 0. The average Bonchev–Trinajstić information content (AvgIpc) is 2.18. The van der Waals surface area contributed by atoms with Gasteiger partial charge in [-0.05, 0) is 6.92 Å². The Kier molecular flexibility index (Phi) is 4.51. The number of amides is 2. The Labute approximate surface area is 88.7 Å². The normalized spacial score (nSPS) is 22.3. The van der Waals surface area contributed by atoms with Crippen LogP contribution in [0.3, 0.4) is 0 Å². The summed E-state index contributed by atoms with van der Waals surface area (Å²) in [5.74, 6) is -0.537. The number of rotatable bonds is 4. The minimum Gasteiger partial charge on any atom is -0.378 e. The predicted octanol–water partition coefficient (Wildman–Crippen LogP) is -1.69. The maximum atomic E-state index is 11.6. The molecule has 1 aliphatic rings. The maximum Gasteiger partial charge on any atom is 0.239 e. The van der Waals surface area contributed by atoms with Crippen LogP contribution in [0.1, 0.15) is 6.92 Å². The van der Waals surface area contributed by atoms with E-state index < -0.39 is 11.9 Å². The molecule has 0 saturated carbocycles. The monoisotopic (exact) mass is 215 g/mol. The molecule has 0 bridgehead atoms. The first kappa shape index (κ1) is 11.9. The lowest BCUT2D eigenvalue weighted by atomic mass is 10.2. The second kappa shape index (κ2) is 5.67. The van der Waals surface area contributed by atoms with Gasteiger partial charge in [-0.1, -0.05) is 0 Å². The van der Waals surface area contributed by atoms with E-state index in [2.05, 4.69) is 5.32 Å². The lowest BCUT2D eigenvalue weighted by molar-refractivity contribution is -0.134. The molecule has 6 nitrogen and oxygen atoms in total. The van der Waals surface area contributed by atoms with Crippen molar-refractivity contribution in [2.75, 3.05) is 32.8 Å². The minimum absolute atomic E-state index is 0.102. The van der Waals surface area contributed by atoms with E-state index in [-0.39, 0.29) is 12.5 Å². The highest BCUT2D eigenvalue weighted by Crippen LogP contribution is 2.06. The van der Waals surface area contributed by atoms with Crippen molar-refractivity contribution < 1.29 is 14.3 Å². The standard InChI is InChI=1S/C9H17N3O3/c1-2-11-9(14)7-6-15-4-3-12(7)5-8(10)13/h7H,2-6H2,1H3,(H2,10,13)(H,11,14). The third kappa shape index (κ3) is 3.49. The van der Waals surface area contributed by atoms with E-state index in [1.807, 2.05) is 6.92 Å². The second-order valence-electron chi connectivity index (χ2n) is 3.42. The number of hydrogen-bond acceptors (Lipinski definition) is 4. The number of ether oxygens (including phenoxy) is 1. The Morgan fingerprint density at radius 2 is 2.33 bits per heavy atom. The van der Waals surface area contributed by atoms with Gasteiger partial charge in [-0.3, -0.25) is 14.5 Å². The fourth-order valence-electron chi connectivity index (χ4n) is 1.56. The Morgan fingerprint density at radius 3 is 2.93 bits per heavy atom. The van der Waals surface area contributed by atoms with E-state index in [0.29, 0.717) is 26.3 Å². The van der Waals surface area contributed by atoms with Crippen molar-refractivity contribution in [1.29, 1.82) is 0 Å². The molecule has 1 unspecified atom stereocenters. The lowest BCUT2D eigenvalue weighted by Gasteiger charge is -2.33. The first-order valence-electron chi connectivity index (χ1n) is 5.03. The fourth-order valence-corrected chi connectivity index (χ4v) is 1.56. The van der Waals surface area contributed by atoms with Gasteiger partial charge in [0.1, 0.15) is 6.04 Å². The van der Waals surface area contributed by atoms with Crippen molar-refractivity contribution in [1.82, 2.24) is 10.2 Å². The summed E-state index contributed by atoms with van der Waals surface area (Å²) in [6, 6.07) is -0.397. The molecule has 0 aliphatic carbocycles. The number of carbonyl (C=O) groups is 2. The van der Waals surface area contributed by atoms with Gasteiger partial charge in [0.25, 0.3) is 0 Å². The van der Waals surface area contributed by atoms with Gasteiger partial charge in [-0.15, -0.1) is 0 Å². The van der Waals surface area contributed by atoms with Crippen molar-refractivity contribution in [3.8, 4) is 0 Å². The molecule has 2 amide bonds. The third-order valence-electron chi connectivity index (χ3n) is 2.25. The molecule has 0 radical (unpaired) electrons. The number of morpholine rings is 1. The highest BCUT2D eigenvalue weighted by atomic mass is 16.5. The van der Waals surface area contributed by atoms with E-state index in [1.54, 1.807) is 4.90 Å². The van der Waals surface area contributed by atoms with Crippen LogP contribution in [0, 0.1) is 0 Å². The molecule has 15 heavy (non-hydrogen) atoms. The van der Waals surface area contributed by atoms with Crippen LogP contribution >= 0.6 is 0 Å². The number of likely N-dealkylation sites (N-methyl/N-ethyl adjacent to an activating group) is 1. The lowest BCUT2D eigenvalue weighted by Crippen LogP contribution is -2.55. The first-order chi connectivity index (χ1) is 7.15. The smallest absolute Gasteiger partial charge is 0.239 e. The van der Waals surface area contributed by atoms with E-state index in [4.69, 9.17) is 10.5 Å². The van der Waals surface area contributed by atoms with E-state index in [9.17, 15) is 9.59 Å². The number of nitrogens with one attached hydrogen (secondary N) is 1. The Morgan fingerprint density at radius 1 is 1.60 bits per heavy atom. The van der Waals surface area contributed by atoms with E-state index >= 15 is 0 Å². The van der Waals surface area contributed by atoms with Crippen molar-refractivity contribution >= 4 is 11.8 Å². The SMILES string of the molecule is CCNC(=O)C1COCCN1CC(N)=O. The molecular formula is C9H17N3O3. The zero-order valence-corrected chi connectivity index (χ0v) is 8.86. The highest BCUT2D eigenvalue weighted by Gasteiger charge is 2.29. The summed E-state index contributed by atoms with van der Waals surface area (Å²) in [6.07, 6.45) is 0. The number of primary amides is 1. The molecule has 0 aromatic carbocycles. The Hall–Kier alpha value is -1.14. The van der Waals surface area contributed by atoms with Crippen LogP contribution in [-0.2, 0) is 14.3 Å². The van der Waals surface area contributed by atoms with Gasteiger partial charge < -0.3 is 15.8 Å². The molecule has 86 valence electrons. The van der Waals surface area contributed by atoms with Gasteiger partial charge in [0.05, 0.1) is 19.8 Å². The Bertz CT molecular complexity index is 245. The van der Waals surface area contributed by atoms with Crippen LogP contribution in [-0.4, -0.2) is 55.6 Å². The molecule has 3 N–H and O–H groups in total.